The molecule has 0 saturated heterocycles. The fourth-order valence-electron chi connectivity index (χ4n) is 1.75. The van der Waals surface area contributed by atoms with E-state index in [9.17, 15) is 9.90 Å². The Morgan fingerprint density at radius 1 is 1.39 bits per heavy atom. The van der Waals surface area contributed by atoms with E-state index in [1.807, 2.05) is 13.0 Å². The van der Waals surface area contributed by atoms with Crippen LogP contribution in [-0.4, -0.2) is 25.9 Å². The lowest BCUT2D eigenvalue weighted by Gasteiger charge is -2.10. The van der Waals surface area contributed by atoms with Crippen LogP contribution in [0.1, 0.15) is 35.5 Å². The summed E-state index contributed by atoms with van der Waals surface area (Å²) in [7, 11) is 0. The highest BCUT2D eigenvalue weighted by Gasteiger charge is 2.22. The van der Waals surface area contributed by atoms with E-state index >= 15 is 0 Å². The van der Waals surface area contributed by atoms with E-state index in [1.54, 1.807) is 24.3 Å². The quantitative estimate of drug-likeness (QED) is 0.812. The second-order valence-corrected chi connectivity index (χ2v) is 4.02. The highest BCUT2D eigenvalue weighted by atomic mass is 16.3. The second kappa shape index (κ2) is 5.55. The fourth-order valence-corrected chi connectivity index (χ4v) is 1.75. The molecule has 2 aromatic rings. The molecule has 1 unspecified atom stereocenters. The number of hydrogen-bond donors (Lipinski definition) is 1. The van der Waals surface area contributed by atoms with Crippen molar-refractivity contribution in [1.29, 1.82) is 0 Å². The minimum absolute atomic E-state index is 0.341. The van der Waals surface area contributed by atoms with Gasteiger partial charge in [-0.05, 0) is 12.0 Å². The van der Waals surface area contributed by atoms with Crippen molar-refractivity contribution in [2.45, 2.75) is 26.0 Å². The van der Waals surface area contributed by atoms with Gasteiger partial charge >= 0.3 is 0 Å². The normalized spacial score (nSPS) is 12.3. The molecule has 1 atom stereocenters. The molecule has 0 spiro atoms. The standard InChI is InChI=1S/C13H15N3O2/c1-2-8-16-11(9-14-15-16)13(18)12(17)10-6-4-3-5-7-10/h3-7,9,12,17H,2,8H2,1H3. The molecule has 2 rings (SSSR count). The molecule has 0 fully saturated rings. The van der Waals surface area contributed by atoms with Crippen LogP contribution in [0.3, 0.4) is 0 Å². The van der Waals surface area contributed by atoms with Crippen LogP contribution in [0.5, 0.6) is 0 Å². The third-order valence-electron chi connectivity index (χ3n) is 2.67. The molecule has 18 heavy (non-hydrogen) atoms. The van der Waals surface area contributed by atoms with Crippen molar-refractivity contribution in [3.05, 3.63) is 47.8 Å². The van der Waals surface area contributed by atoms with Gasteiger partial charge in [-0.1, -0.05) is 42.5 Å². The Bertz CT molecular complexity index is 522. The van der Waals surface area contributed by atoms with Gasteiger partial charge in [0.05, 0.1) is 6.20 Å². The van der Waals surface area contributed by atoms with Gasteiger partial charge in [-0.15, -0.1) is 5.10 Å². The fraction of sp³-hybridized carbons (Fsp3) is 0.308. The summed E-state index contributed by atoms with van der Waals surface area (Å²) in [6.07, 6.45) is 1.08. The maximum atomic E-state index is 12.2. The summed E-state index contributed by atoms with van der Waals surface area (Å²) in [5, 5.41) is 17.6. The van der Waals surface area contributed by atoms with Gasteiger partial charge < -0.3 is 5.11 Å². The van der Waals surface area contributed by atoms with Crippen LogP contribution in [-0.2, 0) is 6.54 Å². The Kier molecular flexibility index (Phi) is 3.84. The second-order valence-electron chi connectivity index (χ2n) is 4.02. The molecule has 0 aliphatic carbocycles. The number of rotatable bonds is 5. The van der Waals surface area contributed by atoms with Crippen LogP contribution in [0.4, 0.5) is 0 Å². The van der Waals surface area contributed by atoms with Gasteiger partial charge in [0.2, 0.25) is 5.78 Å². The third-order valence-corrected chi connectivity index (χ3v) is 2.67. The average Bonchev–Trinajstić information content (AvgIpc) is 2.87. The highest BCUT2D eigenvalue weighted by Crippen LogP contribution is 2.17. The number of ketones is 1. The Balaban J connectivity index is 2.23. The molecule has 0 aliphatic heterocycles. The molecular weight excluding hydrogens is 230 g/mol. The lowest BCUT2D eigenvalue weighted by molar-refractivity contribution is 0.0735. The molecule has 0 amide bonds. The first-order valence-corrected chi connectivity index (χ1v) is 5.89. The number of aliphatic hydroxyl groups excluding tert-OH is 1. The molecule has 0 radical (unpaired) electrons. The lowest BCUT2D eigenvalue weighted by Crippen LogP contribution is -2.17. The number of aliphatic hydroxyl groups is 1. The van der Waals surface area contributed by atoms with Crippen molar-refractivity contribution in [2.75, 3.05) is 0 Å². The summed E-state index contributed by atoms with van der Waals surface area (Å²) in [4.78, 5) is 12.2. The van der Waals surface area contributed by atoms with Crippen molar-refractivity contribution >= 4 is 5.78 Å². The van der Waals surface area contributed by atoms with E-state index in [1.165, 1.54) is 10.9 Å². The van der Waals surface area contributed by atoms with Crippen LogP contribution < -0.4 is 0 Å². The van der Waals surface area contributed by atoms with Crippen molar-refractivity contribution < 1.29 is 9.90 Å². The largest absolute Gasteiger partial charge is 0.380 e. The Morgan fingerprint density at radius 3 is 2.78 bits per heavy atom. The molecule has 1 aromatic carbocycles. The molecular formula is C13H15N3O2. The summed E-state index contributed by atoms with van der Waals surface area (Å²) >= 11 is 0. The van der Waals surface area contributed by atoms with Gasteiger partial charge in [0.1, 0.15) is 11.8 Å². The number of benzene rings is 1. The van der Waals surface area contributed by atoms with Gasteiger partial charge in [-0.3, -0.25) is 4.79 Å². The first-order chi connectivity index (χ1) is 8.74. The number of carbonyl (C=O) groups excluding carboxylic acids is 1. The molecule has 0 aliphatic rings. The molecule has 1 heterocycles. The van der Waals surface area contributed by atoms with E-state index in [4.69, 9.17) is 0 Å². The number of Topliss-reactive ketones (excluding diaryl/α,β-unsaturated/α-hetero) is 1. The summed E-state index contributed by atoms with van der Waals surface area (Å²) in [5.41, 5.74) is 0.917. The SMILES string of the molecule is CCCn1nncc1C(=O)C(O)c1ccccc1. The zero-order chi connectivity index (χ0) is 13.0. The van der Waals surface area contributed by atoms with E-state index in [0.717, 1.165) is 6.42 Å². The van der Waals surface area contributed by atoms with E-state index in [2.05, 4.69) is 10.3 Å². The van der Waals surface area contributed by atoms with Crippen LogP contribution >= 0.6 is 0 Å². The monoisotopic (exact) mass is 245 g/mol. The van der Waals surface area contributed by atoms with E-state index in [0.29, 0.717) is 17.8 Å². The first-order valence-electron chi connectivity index (χ1n) is 5.89. The van der Waals surface area contributed by atoms with Crippen LogP contribution in [0.25, 0.3) is 0 Å². The topological polar surface area (TPSA) is 68.0 Å². The van der Waals surface area contributed by atoms with Gasteiger partial charge in [0.25, 0.3) is 0 Å². The van der Waals surface area contributed by atoms with Gasteiger partial charge in [-0.25, -0.2) is 4.68 Å². The summed E-state index contributed by atoms with van der Waals surface area (Å²) in [6.45, 7) is 2.60. The van der Waals surface area contributed by atoms with Crippen molar-refractivity contribution in [2.24, 2.45) is 0 Å². The number of nitrogens with zero attached hydrogens (tertiary/aromatic N) is 3. The summed E-state index contributed by atoms with van der Waals surface area (Å²) < 4.78 is 1.52. The van der Waals surface area contributed by atoms with Crippen LogP contribution in [0.2, 0.25) is 0 Å². The zero-order valence-corrected chi connectivity index (χ0v) is 10.2. The predicted molar refractivity (Wildman–Crippen MR) is 66.0 cm³/mol. The third kappa shape index (κ3) is 2.46. The Labute approximate surface area is 105 Å². The lowest BCUT2D eigenvalue weighted by atomic mass is 10.0. The van der Waals surface area contributed by atoms with Gasteiger partial charge in [-0.2, -0.15) is 0 Å². The van der Waals surface area contributed by atoms with Crippen LogP contribution in [0.15, 0.2) is 36.5 Å². The molecule has 1 N–H and O–H groups in total. The molecule has 0 saturated carbocycles. The maximum Gasteiger partial charge on any atom is 0.215 e. The van der Waals surface area contributed by atoms with Crippen molar-refractivity contribution in [1.82, 2.24) is 15.0 Å². The Morgan fingerprint density at radius 2 is 2.11 bits per heavy atom. The predicted octanol–water partition coefficient (Wildman–Crippen LogP) is 1.60. The molecule has 1 aromatic heterocycles. The summed E-state index contributed by atoms with van der Waals surface area (Å²) in [5.74, 6) is -0.375. The number of aromatic nitrogens is 3. The molecule has 5 nitrogen and oxygen atoms in total. The summed E-state index contributed by atoms with van der Waals surface area (Å²) in [6, 6.07) is 8.84. The number of hydrogen-bond acceptors (Lipinski definition) is 4. The Hall–Kier alpha value is -2.01. The van der Waals surface area contributed by atoms with Crippen LogP contribution in [0, 0.1) is 0 Å². The maximum absolute atomic E-state index is 12.2. The van der Waals surface area contributed by atoms with E-state index < -0.39 is 6.10 Å². The minimum Gasteiger partial charge on any atom is -0.380 e. The zero-order valence-electron chi connectivity index (χ0n) is 10.2. The molecule has 0 bridgehead atoms. The molecule has 94 valence electrons. The highest BCUT2D eigenvalue weighted by molar-refractivity contribution is 5.98. The molecule has 5 heteroatoms. The minimum atomic E-state index is -1.17. The van der Waals surface area contributed by atoms with Gasteiger partial charge in [0.15, 0.2) is 0 Å². The average molecular weight is 245 g/mol. The van der Waals surface area contributed by atoms with Gasteiger partial charge in [0, 0.05) is 6.54 Å². The smallest absolute Gasteiger partial charge is 0.215 e. The number of aryl methyl sites for hydroxylation is 1. The first kappa shape index (κ1) is 12.4. The van der Waals surface area contributed by atoms with Crippen molar-refractivity contribution in [3.63, 3.8) is 0 Å². The van der Waals surface area contributed by atoms with Crippen molar-refractivity contribution in [3.8, 4) is 0 Å². The van der Waals surface area contributed by atoms with E-state index in [-0.39, 0.29) is 5.78 Å². The number of carbonyl (C=O) groups is 1.